The summed E-state index contributed by atoms with van der Waals surface area (Å²) < 4.78 is 35.8. The van der Waals surface area contributed by atoms with Gasteiger partial charge >= 0.3 is 0 Å². The maximum Gasteiger partial charge on any atom is 0.236 e. The first-order chi connectivity index (χ1) is 16.5. The molecule has 1 saturated heterocycles. The van der Waals surface area contributed by atoms with E-state index in [0.29, 0.717) is 17.2 Å². The molecule has 5 heterocycles. The maximum atomic E-state index is 14.7. The number of fused-ring (bicyclic) bond motifs is 2. The zero-order valence-electron chi connectivity index (χ0n) is 18.0. The Bertz CT molecular complexity index is 1640. The highest BCUT2D eigenvalue weighted by Gasteiger charge is 2.22. The summed E-state index contributed by atoms with van der Waals surface area (Å²) in [7, 11) is 0. The zero-order chi connectivity index (χ0) is 23.4. The molecule has 1 aliphatic heterocycles. The largest absolute Gasteiger partial charge is 0.381 e. The Morgan fingerprint density at radius 1 is 1.15 bits per heavy atom. The van der Waals surface area contributed by atoms with Crippen LogP contribution >= 0.6 is 11.3 Å². The van der Waals surface area contributed by atoms with E-state index in [0.717, 1.165) is 40.9 Å². The van der Waals surface area contributed by atoms with Gasteiger partial charge in [-0.15, -0.1) is 11.3 Å². The van der Waals surface area contributed by atoms with Crippen LogP contribution in [0.2, 0.25) is 0 Å². The van der Waals surface area contributed by atoms with E-state index in [1.54, 1.807) is 13.1 Å². The molecule has 0 bridgehead atoms. The smallest absolute Gasteiger partial charge is 0.236 e. The minimum Gasteiger partial charge on any atom is -0.381 e. The van der Waals surface area contributed by atoms with Crippen molar-refractivity contribution in [1.29, 1.82) is 0 Å². The molecule has 6 rings (SSSR count). The molecule has 10 heteroatoms. The number of halogens is 2. The number of hydrogen-bond acceptors (Lipinski definition) is 7. The van der Waals surface area contributed by atoms with Gasteiger partial charge in [0.2, 0.25) is 5.43 Å². The average Bonchev–Trinajstić information content (AvgIpc) is 3.50. The Labute approximate surface area is 195 Å². The summed E-state index contributed by atoms with van der Waals surface area (Å²) in [4.78, 5) is 27.2. The lowest BCUT2D eigenvalue weighted by Crippen LogP contribution is -2.18. The highest BCUT2D eigenvalue weighted by Crippen LogP contribution is 2.34. The van der Waals surface area contributed by atoms with E-state index < -0.39 is 17.1 Å². The molecule has 0 aliphatic carbocycles. The molecule has 5 aromatic rings. The van der Waals surface area contributed by atoms with Crippen molar-refractivity contribution in [1.82, 2.24) is 24.7 Å². The van der Waals surface area contributed by atoms with Crippen LogP contribution in [-0.2, 0) is 4.74 Å². The lowest BCUT2D eigenvalue weighted by Gasteiger charge is -2.11. The number of thiophene rings is 1. The maximum absolute atomic E-state index is 14.7. The van der Waals surface area contributed by atoms with Crippen molar-refractivity contribution in [3.63, 3.8) is 0 Å². The highest BCUT2D eigenvalue weighted by atomic mass is 32.1. The van der Waals surface area contributed by atoms with Gasteiger partial charge in [-0.05, 0) is 43.0 Å². The number of ether oxygens (including phenoxy) is 1. The first-order valence-electron chi connectivity index (χ1n) is 10.7. The van der Waals surface area contributed by atoms with Gasteiger partial charge in [0, 0.05) is 30.5 Å². The van der Waals surface area contributed by atoms with Crippen molar-refractivity contribution < 1.29 is 13.5 Å². The molecule has 1 aliphatic rings. The van der Waals surface area contributed by atoms with Gasteiger partial charge in [-0.3, -0.25) is 9.78 Å². The third kappa shape index (κ3) is 3.46. The van der Waals surface area contributed by atoms with E-state index in [1.165, 1.54) is 28.3 Å². The van der Waals surface area contributed by atoms with Gasteiger partial charge in [0.05, 0.1) is 28.1 Å². The Hall–Kier alpha value is -3.63. The van der Waals surface area contributed by atoms with Crippen LogP contribution in [0.4, 0.5) is 8.78 Å². The van der Waals surface area contributed by atoms with Crippen molar-refractivity contribution in [3.05, 3.63) is 76.0 Å². The van der Waals surface area contributed by atoms with Gasteiger partial charge in [0.25, 0.3) is 0 Å². The second-order valence-corrected chi connectivity index (χ2v) is 9.27. The third-order valence-electron chi connectivity index (χ3n) is 5.85. The lowest BCUT2D eigenvalue weighted by atomic mass is 10.0. The minimum absolute atomic E-state index is 0.0305. The fraction of sp³-hybridized carbons (Fsp3) is 0.208. The summed E-state index contributed by atoms with van der Waals surface area (Å²) in [6, 6.07) is 7.05. The normalized spacial score (nSPS) is 16.0. The molecule has 7 nitrogen and oxygen atoms in total. The second kappa shape index (κ2) is 8.00. The Balaban J connectivity index is 1.57. The van der Waals surface area contributed by atoms with Gasteiger partial charge in [-0.1, -0.05) is 0 Å². The van der Waals surface area contributed by atoms with Crippen LogP contribution in [0.1, 0.15) is 23.7 Å². The number of benzene rings is 1. The van der Waals surface area contributed by atoms with Crippen molar-refractivity contribution >= 4 is 32.6 Å². The Kier molecular flexibility index (Phi) is 4.93. The fourth-order valence-corrected chi connectivity index (χ4v) is 5.13. The molecule has 170 valence electrons. The minimum atomic E-state index is -0.824. The standard InChI is InChI=1S/C24H17F2N5O2S/c1-12-9-28-24-22(29-12)23(32)21(30-31(24)18-3-2-15(25)8-16(18)26)19-7-14-6-17(13-4-5-33-11-13)27-10-20(14)34-19/h2-3,6-10,13H,4-5,11H2,1H3/t13-/m0/s1. The number of aromatic nitrogens is 5. The molecule has 0 unspecified atom stereocenters. The molecular formula is C24H17F2N5O2S. The van der Waals surface area contributed by atoms with Crippen LogP contribution in [0.5, 0.6) is 0 Å². The summed E-state index contributed by atoms with van der Waals surface area (Å²) in [6.07, 6.45) is 4.19. The highest BCUT2D eigenvalue weighted by molar-refractivity contribution is 7.22. The molecular weight excluding hydrogens is 460 g/mol. The van der Waals surface area contributed by atoms with Crippen molar-refractivity contribution in [2.45, 2.75) is 19.3 Å². The van der Waals surface area contributed by atoms with Crippen LogP contribution in [0, 0.1) is 18.6 Å². The van der Waals surface area contributed by atoms with Crippen LogP contribution < -0.4 is 5.43 Å². The van der Waals surface area contributed by atoms with Crippen LogP contribution in [0.15, 0.2) is 47.5 Å². The van der Waals surface area contributed by atoms with Crippen molar-refractivity contribution in [2.24, 2.45) is 0 Å². The average molecular weight is 477 g/mol. The molecule has 0 spiro atoms. The van der Waals surface area contributed by atoms with Crippen molar-refractivity contribution in [2.75, 3.05) is 13.2 Å². The van der Waals surface area contributed by atoms with Gasteiger partial charge in [-0.25, -0.2) is 23.4 Å². The molecule has 0 saturated carbocycles. The second-order valence-electron chi connectivity index (χ2n) is 8.19. The quantitative estimate of drug-likeness (QED) is 0.379. The molecule has 0 N–H and O–H groups in total. The van der Waals surface area contributed by atoms with E-state index in [2.05, 4.69) is 20.1 Å². The Morgan fingerprint density at radius 3 is 2.82 bits per heavy atom. The SMILES string of the molecule is Cc1cnc2c(n1)c(=O)c(-c1cc3cc([C@H]4CCOC4)ncc3s1)nn2-c1ccc(F)cc1F. The number of pyridine rings is 1. The molecule has 1 atom stereocenters. The topological polar surface area (TPSA) is 82.8 Å². The van der Waals surface area contributed by atoms with Crippen LogP contribution in [0.3, 0.4) is 0 Å². The summed E-state index contributed by atoms with van der Waals surface area (Å²) in [5, 5.41) is 5.40. The van der Waals surface area contributed by atoms with Gasteiger partial charge < -0.3 is 4.74 Å². The molecule has 0 radical (unpaired) electrons. The zero-order valence-corrected chi connectivity index (χ0v) is 18.8. The third-order valence-corrected chi connectivity index (χ3v) is 6.94. The predicted molar refractivity (Wildman–Crippen MR) is 124 cm³/mol. The summed E-state index contributed by atoms with van der Waals surface area (Å²) >= 11 is 1.37. The number of nitrogens with zero attached hydrogens (tertiary/aromatic N) is 5. The van der Waals surface area contributed by atoms with Gasteiger partial charge in [0.15, 0.2) is 22.7 Å². The van der Waals surface area contributed by atoms with E-state index in [-0.39, 0.29) is 28.5 Å². The van der Waals surface area contributed by atoms with Gasteiger partial charge in [-0.2, -0.15) is 5.10 Å². The van der Waals surface area contributed by atoms with Crippen molar-refractivity contribution in [3.8, 4) is 16.3 Å². The van der Waals surface area contributed by atoms with E-state index in [1.807, 2.05) is 12.1 Å². The summed E-state index contributed by atoms with van der Waals surface area (Å²) in [5.41, 5.74) is 1.32. The molecule has 0 amide bonds. The fourth-order valence-electron chi connectivity index (χ4n) is 4.14. The number of hydrogen-bond donors (Lipinski definition) is 0. The molecule has 34 heavy (non-hydrogen) atoms. The first kappa shape index (κ1) is 20.9. The predicted octanol–water partition coefficient (Wildman–Crippen LogP) is 4.54. The van der Waals surface area contributed by atoms with E-state index in [4.69, 9.17) is 4.74 Å². The molecule has 1 fully saturated rings. The van der Waals surface area contributed by atoms with Crippen LogP contribution in [0.25, 0.3) is 37.5 Å². The first-order valence-corrected chi connectivity index (χ1v) is 11.5. The number of rotatable bonds is 3. The number of aryl methyl sites for hydroxylation is 1. The van der Waals surface area contributed by atoms with Crippen LogP contribution in [-0.4, -0.2) is 37.9 Å². The van der Waals surface area contributed by atoms with E-state index in [9.17, 15) is 13.6 Å². The summed E-state index contributed by atoms with van der Waals surface area (Å²) in [5.74, 6) is -1.28. The van der Waals surface area contributed by atoms with E-state index >= 15 is 0 Å². The van der Waals surface area contributed by atoms with Gasteiger partial charge in [0.1, 0.15) is 11.5 Å². The molecule has 4 aromatic heterocycles. The summed E-state index contributed by atoms with van der Waals surface area (Å²) in [6.45, 7) is 3.09. The lowest BCUT2D eigenvalue weighted by molar-refractivity contribution is 0.193. The monoisotopic (exact) mass is 477 g/mol. The Morgan fingerprint density at radius 2 is 2.03 bits per heavy atom. The molecule has 1 aromatic carbocycles.